The summed E-state index contributed by atoms with van der Waals surface area (Å²) in [5, 5.41) is 2.80. The Kier molecular flexibility index (Phi) is 7.41. The van der Waals surface area contributed by atoms with Gasteiger partial charge in [-0.25, -0.2) is 0 Å². The SMILES string of the molecule is CS(=O)Cc1cccc(NC(=O)[C@@H](N)C(C)(C)C)c1.Cl. The fraction of sp³-hybridized carbons (Fsp3) is 0.500. The van der Waals surface area contributed by atoms with E-state index in [-0.39, 0.29) is 23.7 Å². The molecule has 4 nitrogen and oxygen atoms in total. The average Bonchev–Trinajstić information content (AvgIpc) is 2.26. The summed E-state index contributed by atoms with van der Waals surface area (Å²) in [6.07, 6.45) is 1.65. The summed E-state index contributed by atoms with van der Waals surface area (Å²) in [5.41, 5.74) is 7.24. The van der Waals surface area contributed by atoms with E-state index in [4.69, 9.17) is 5.73 Å². The number of anilines is 1. The molecule has 2 atom stereocenters. The van der Waals surface area contributed by atoms with Crippen LogP contribution in [-0.2, 0) is 21.3 Å². The Hall–Kier alpha value is -0.910. The maximum absolute atomic E-state index is 12.0. The second kappa shape index (κ2) is 7.76. The third-order valence-corrected chi connectivity index (χ3v) is 3.52. The highest BCUT2D eigenvalue weighted by Crippen LogP contribution is 2.19. The van der Waals surface area contributed by atoms with Crippen molar-refractivity contribution in [2.24, 2.45) is 11.1 Å². The van der Waals surface area contributed by atoms with Crippen molar-refractivity contribution in [3.8, 4) is 0 Å². The van der Waals surface area contributed by atoms with E-state index in [2.05, 4.69) is 5.32 Å². The van der Waals surface area contributed by atoms with Crippen molar-refractivity contribution in [3.63, 3.8) is 0 Å². The van der Waals surface area contributed by atoms with E-state index >= 15 is 0 Å². The molecule has 0 radical (unpaired) electrons. The maximum Gasteiger partial charge on any atom is 0.241 e. The van der Waals surface area contributed by atoms with Crippen LogP contribution in [0.1, 0.15) is 26.3 Å². The highest BCUT2D eigenvalue weighted by molar-refractivity contribution is 7.83. The third-order valence-electron chi connectivity index (χ3n) is 2.78. The Bertz CT molecular complexity index is 486. The first-order chi connectivity index (χ1) is 8.70. The maximum atomic E-state index is 12.0. The van der Waals surface area contributed by atoms with Crippen molar-refractivity contribution in [3.05, 3.63) is 29.8 Å². The molecule has 3 N–H and O–H groups in total. The van der Waals surface area contributed by atoms with E-state index in [1.807, 2.05) is 39.0 Å². The lowest BCUT2D eigenvalue weighted by atomic mass is 9.87. The molecule has 0 aromatic heterocycles. The Balaban J connectivity index is 0.00000361. The summed E-state index contributed by atoms with van der Waals surface area (Å²) in [6, 6.07) is 6.78. The van der Waals surface area contributed by atoms with Crippen molar-refractivity contribution in [2.75, 3.05) is 11.6 Å². The first-order valence-electron chi connectivity index (χ1n) is 6.15. The zero-order valence-corrected chi connectivity index (χ0v) is 13.9. The van der Waals surface area contributed by atoms with Crippen molar-refractivity contribution in [2.45, 2.75) is 32.6 Å². The van der Waals surface area contributed by atoms with Gasteiger partial charge in [-0.1, -0.05) is 32.9 Å². The van der Waals surface area contributed by atoms with Gasteiger partial charge >= 0.3 is 0 Å². The number of rotatable bonds is 4. The van der Waals surface area contributed by atoms with Crippen LogP contribution < -0.4 is 11.1 Å². The highest BCUT2D eigenvalue weighted by Gasteiger charge is 2.27. The molecule has 0 spiro atoms. The fourth-order valence-electron chi connectivity index (χ4n) is 1.59. The predicted octanol–water partition coefficient (Wildman–Crippen LogP) is 2.30. The number of hydrogen-bond acceptors (Lipinski definition) is 3. The third kappa shape index (κ3) is 6.03. The summed E-state index contributed by atoms with van der Waals surface area (Å²) in [5.74, 6) is 0.275. The zero-order chi connectivity index (χ0) is 14.6. The van der Waals surface area contributed by atoms with Crippen LogP contribution in [0.4, 0.5) is 5.69 Å². The molecule has 1 unspecified atom stereocenters. The van der Waals surface area contributed by atoms with E-state index in [1.165, 1.54) is 0 Å². The lowest BCUT2D eigenvalue weighted by molar-refractivity contribution is -0.119. The van der Waals surface area contributed by atoms with Crippen LogP contribution >= 0.6 is 12.4 Å². The number of carbonyl (C=O) groups excluding carboxylic acids is 1. The molecule has 0 saturated heterocycles. The highest BCUT2D eigenvalue weighted by atomic mass is 35.5. The molecule has 1 amide bonds. The topological polar surface area (TPSA) is 72.2 Å². The molecule has 0 aliphatic rings. The van der Waals surface area contributed by atoms with E-state index in [0.717, 1.165) is 5.56 Å². The van der Waals surface area contributed by atoms with Crippen LogP contribution in [0, 0.1) is 5.41 Å². The molecule has 0 heterocycles. The number of nitrogens with one attached hydrogen (secondary N) is 1. The van der Waals surface area contributed by atoms with Gasteiger partial charge in [0.1, 0.15) is 0 Å². The lowest BCUT2D eigenvalue weighted by Gasteiger charge is -2.25. The van der Waals surface area contributed by atoms with Gasteiger partial charge in [-0.15, -0.1) is 12.4 Å². The molecule has 1 rings (SSSR count). The molecular weight excluding hydrogens is 296 g/mol. The smallest absolute Gasteiger partial charge is 0.241 e. The Morgan fingerprint density at radius 3 is 2.50 bits per heavy atom. The molecule has 1 aromatic rings. The molecule has 0 fully saturated rings. The van der Waals surface area contributed by atoms with E-state index < -0.39 is 16.8 Å². The van der Waals surface area contributed by atoms with E-state index in [1.54, 1.807) is 12.3 Å². The first kappa shape index (κ1) is 19.1. The fourth-order valence-corrected chi connectivity index (χ4v) is 2.24. The van der Waals surface area contributed by atoms with Gasteiger partial charge in [0.05, 0.1) is 6.04 Å². The Morgan fingerprint density at radius 2 is 2.00 bits per heavy atom. The van der Waals surface area contributed by atoms with Gasteiger partial charge in [0.15, 0.2) is 0 Å². The Morgan fingerprint density at radius 1 is 1.40 bits per heavy atom. The van der Waals surface area contributed by atoms with Gasteiger partial charge in [0.25, 0.3) is 0 Å². The summed E-state index contributed by atoms with van der Waals surface area (Å²) in [7, 11) is -0.898. The van der Waals surface area contributed by atoms with Crippen molar-refractivity contribution < 1.29 is 9.00 Å². The summed E-state index contributed by atoms with van der Waals surface area (Å²) in [4.78, 5) is 12.0. The number of amides is 1. The van der Waals surface area contributed by atoms with Crippen LogP contribution in [0.15, 0.2) is 24.3 Å². The minimum Gasteiger partial charge on any atom is -0.325 e. The minimum absolute atomic E-state index is 0. The van der Waals surface area contributed by atoms with Crippen LogP contribution in [0.3, 0.4) is 0 Å². The van der Waals surface area contributed by atoms with Crippen molar-refractivity contribution in [1.29, 1.82) is 0 Å². The monoisotopic (exact) mass is 318 g/mol. The molecule has 6 heteroatoms. The molecule has 1 aromatic carbocycles. The Labute approximate surface area is 129 Å². The lowest BCUT2D eigenvalue weighted by Crippen LogP contribution is -2.45. The van der Waals surface area contributed by atoms with Crippen LogP contribution in [0.5, 0.6) is 0 Å². The molecule has 20 heavy (non-hydrogen) atoms. The quantitative estimate of drug-likeness (QED) is 0.894. The summed E-state index contributed by atoms with van der Waals surface area (Å²) >= 11 is 0. The molecule has 0 aliphatic heterocycles. The van der Waals surface area contributed by atoms with Gasteiger partial charge in [0.2, 0.25) is 5.91 Å². The zero-order valence-electron chi connectivity index (χ0n) is 12.3. The van der Waals surface area contributed by atoms with Gasteiger partial charge in [-0.05, 0) is 23.1 Å². The molecule has 0 bridgehead atoms. The standard InChI is InChI=1S/C14H22N2O2S.ClH/c1-14(2,3)12(15)13(17)16-11-7-5-6-10(8-11)9-19(4)18;/h5-8,12H,9,15H2,1-4H3,(H,16,17);1H/t12-,19?;/m1./s1. The predicted molar refractivity (Wildman–Crippen MR) is 87.5 cm³/mol. The first-order valence-corrected chi connectivity index (χ1v) is 7.88. The normalized spacial score (nSPS) is 14.1. The van der Waals surface area contributed by atoms with Crippen LogP contribution in [0.25, 0.3) is 0 Å². The molecule has 0 saturated carbocycles. The number of carbonyl (C=O) groups is 1. The van der Waals surface area contributed by atoms with Gasteiger partial charge in [-0.3, -0.25) is 9.00 Å². The number of benzene rings is 1. The van der Waals surface area contributed by atoms with Crippen molar-refractivity contribution in [1.82, 2.24) is 0 Å². The average molecular weight is 319 g/mol. The number of hydrogen-bond donors (Lipinski definition) is 2. The summed E-state index contributed by atoms with van der Waals surface area (Å²) < 4.78 is 11.2. The molecule has 114 valence electrons. The number of halogens is 1. The molecule has 0 aliphatic carbocycles. The van der Waals surface area contributed by atoms with E-state index in [9.17, 15) is 9.00 Å². The van der Waals surface area contributed by atoms with Gasteiger partial charge < -0.3 is 11.1 Å². The van der Waals surface area contributed by atoms with E-state index in [0.29, 0.717) is 11.4 Å². The summed E-state index contributed by atoms with van der Waals surface area (Å²) in [6.45, 7) is 5.77. The minimum atomic E-state index is -0.898. The number of nitrogens with two attached hydrogens (primary N) is 1. The largest absolute Gasteiger partial charge is 0.325 e. The van der Waals surface area contributed by atoms with Crippen LogP contribution in [0.2, 0.25) is 0 Å². The molecular formula is C14H23ClN2O2S. The second-order valence-electron chi connectivity index (χ2n) is 5.75. The van der Waals surface area contributed by atoms with Crippen LogP contribution in [-0.4, -0.2) is 22.4 Å². The van der Waals surface area contributed by atoms with Gasteiger partial charge in [0, 0.05) is 28.5 Å². The van der Waals surface area contributed by atoms with Gasteiger partial charge in [-0.2, -0.15) is 0 Å². The second-order valence-corrected chi connectivity index (χ2v) is 7.19. The van der Waals surface area contributed by atoms with Crippen molar-refractivity contribution >= 4 is 34.8 Å².